The van der Waals surface area contributed by atoms with Gasteiger partial charge in [-0.15, -0.1) is 0 Å². The van der Waals surface area contributed by atoms with Crippen molar-refractivity contribution in [2.45, 2.75) is 19.1 Å². The second-order valence-electron chi connectivity index (χ2n) is 3.88. The first-order chi connectivity index (χ1) is 8.72. The summed E-state index contributed by atoms with van der Waals surface area (Å²) < 4.78 is 34.7. The van der Waals surface area contributed by atoms with Crippen molar-refractivity contribution >= 4 is 0 Å². The second kappa shape index (κ2) is 5.82. The van der Waals surface area contributed by atoms with E-state index in [9.17, 15) is 8.78 Å². The number of benzene rings is 1. The third-order valence-corrected chi connectivity index (χ3v) is 2.75. The Morgan fingerprint density at radius 3 is 2.72 bits per heavy atom. The van der Waals surface area contributed by atoms with Gasteiger partial charge >= 0.3 is 6.61 Å². The summed E-state index contributed by atoms with van der Waals surface area (Å²) in [6.07, 6.45) is 2.80. The monoisotopic (exact) mass is 255 g/mol. The van der Waals surface area contributed by atoms with E-state index in [4.69, 9.17) is 4.74 Å². The van der Waals surface area contributed by atoms with Crippen LogP contribution >= 0.6 is 0 Å². The van der Waals surface area contributed by atoms with Crippen LogP contribution in [0.4, 0.5) is 8.78 Å². The lowest BCUT2D eigenvalue weighted by atomic mass is 10.0. The second-order valence-corrected chi connectivity index (χ2v) is 3.88. The molecular formula is C13H15F2NO2. The van der Waals surface area contributed by atoms with Gasteiger partial charge in [0.15, 0.2) is 0 Å². The molecule has 1 heterocycles. The molecule has 0 bridgehead atoms. The minimum absolute atomic E-state index is 0.170. The van der Waals surface area contributed by atoms with Crippen LogP contribution in [-0.2, 0) is 4.74 Å². The van der Waals surface area contributed by atoms with Crippen molar-refractivity contribution in [2.24, 2.45) is 0 Å². The highest BCUT2D eigenvalue weighted by atomic mass is 19.3. The Hall–Kier alpha value is -1.62. The van der Waals surface area contributed by atoms with Gasteiger partial charge in [-0.3, -0.25) is 0 Å². The molecule has 1 N–H and O–H groups in total. The van der Waals surface area contributed by atoms with Crippen LogP contribution in [0, 0.1) is 0 Å². The van der Waals surface area contributed by atoms with Crippen LogP contribution in [0.2, 0.25) is 0 Å². The van der Waals surface area contributed by atoms with E-state index in [2.05, 4.69) is 10.1 Å². The predicted molar refractivity (Wildman–Crippen MR) is 63.5 cm³/mol. The Kier molecular flexibility index (Phi) is 4.15. The lowest BCUT2D eigenvalue weighted by molar-refractivity contribution is -0.0507. The Bertz CT molecular complexity index is 435. The number of hydrogen-bond acceptors (Lipinski definition) is 3. The zero-order chi connectivity index (χ0) is 13.0. The summed E-state index contributed by atoms with van der Waals surface area (Å²) in [4.78, 5) is 0. The highest BCUT2D eigenvalue weighted by Gasteiger charge is 2.23. The summed E-state index contributed by atoms with van der Waals surface area (Å²) in [5.41, 5.74) is 0.647. The molecule has 0 spiro atoms. The number of ether oxygens (including phenoxy) is 2. The average Bonchev–Trinajstić information content (AvgIpc) is 2.85. The largest absolute Gasteiger partial charge is 0.496 e. The van der Waals surface area contributed by atoms with Gasteiger partial charge in [-0.05, 0) is 19.2 Å². The number of para-hydroxylation sites is 1. The Morgan fingerprint density at radius 2 is 2.11 bits per heavy atom. The summed E-state index contributed by atoms with van der Waals surface area (Å²) in [5.74, 6) is 0.922. The van der Waals surface area contributed by atoms with Gasteiger partial charge in [-0.25, -0.2) is 0 Å². The first-order valence-corrected chi connectivity index (χ1v) is 5.76. The molecule has 18 heavy (non-hydrogen) atoms. The topological polar surface area (TPSA) is 30.5 Å². The lowest BCUT2D eigenvalue weighted by Gasteiger charge is -2.20. The molecular weight excluding hydrogens is 240 g/mol. The van der Waals surface area contributed by atoms with Gasteiger partial charge in [-0.1, -0.05) is 18.2 Å². The van der Waals surface area contributed by atoms with E-state index in [1.807, 2.05) is 6.08 Å². The van der Waals surface area contributed by atoms with E-state index in [-0.39, 0.29) is 11.8 Å². The fourth-order valence-electron chi connectivity index (χ4n) is 2.01. The van der Waals surface area contributed by atoms with Crippen LogP contribution in [0.15, 0.2) is 36.1 Å². The average molecular weight is 255 g/mol. The van der Waals surface area contributed by atoms with Crippen molar-refractivity contribution in [3.8, 4) is 5.75 Å². The summed E-state index contributed by atoms with van der Waals surface area (Å²) >= 11 is 0. The van der Waals surface area contributed by atoms with E-state index in [0.29, 0.717) is 12.2 Å². The van der Waals surface area contributed by atoms with Crippen molar-refractivity contribution in [3.05, 3.63) is 41.7 Å². The third kappa shape index (κ3) is 2.79. The van der Waals surface area contributed by atoms with Gasteiger partial charge in [-0.2, -0.15) is 8.78 Å². The molecule has 0 radical (unpaired) electrons. The van der Waals surface area contributed by atoms with Gasteiger partial charge in [0, 0.05) is 12.0 Å². The molecule has 0 fully saturated rings. The molecule has 1 aromatic rings. The molecule has 0 saturated heterocycles. The molecule has 98 valence electrons. The van der Waals surface area contributed by atoms with Gasteiger partial charge in [0.05, 0.1) is 12.6 Å². The molecule has 1 aliphatic heterocycles. The molecule has 1 atom stereocenters. The standard InChI is InChI=1S/C13H15F2NO2/c1-16-12(11-7-4-8-17-11)9-5-2-3-6-10(9)18-13(14)15/h2-3,5-7,12-13,16H,4,8H2,1H3. The van der Waals surface area contributed by atoms with Crippen LogP contribution in [0.25, 0.3) is 0 Å². The van der Waals surface area contributed by atoms with Crippen molar-refractivity contribution in [1.82, 2.24) is 5.32 Å². The number of hydrogen-bond donors (Lipinski definition) is 1. The van der Waals surface area contributed by atoms with Crippen molar-refractivity contribution in [3.63, 3.8) is 0 Å². The van der Waals surface area contributed by atoms with E-state index >= 15 is 0 Å². The predicted octanol–water partition coefficient (Wildman–Crippen LogP) is 2.85. The fraction of sp³-hybridized carbons (Fsp3) is 0.385. The van der Waals surface area contributed by atoms with Crippen LogP contribution < -0.4 is 10.1 Å². The molecule has 1 aliphatic rings. The van der Waals surface area contributed by atoms with E-state index in [1.165, 1.54) is 6.07 Å². The van der Waals surface area contributed by atoms with Crippen molar-refractivity contribution in [1.29, 1.82) is 0 Å². The fourth-order valence-corrected chi connectivity index (χ4v) is 2.01. The van der Waals surface area contributed by atoms with Gasteiger partial charge in [0.1, 0.15) is 11.5 Å². The summed E-state index contributed by atoms with van der Waals surface area (Å²) in [7, 11) is 1.76. The Morgan fingerprint density at radius 1 is 1.33 bits per heavy atom. The van der Waals surface area contributed by atoms with Crippen LogP contribution in [0.1, 0.15) is 18.0 Å². The molecule has 1 unspecified atom stereocenters. The SMILES string of the molecule is CNC(C1=CCCO1)c1ccccc1OC(F)F. The molecule has 0 aliphatic carbocycles. The maximum Gasteiger partial charge on any atom is 0.387 e. The number of rotatable bonds is 5. The maximum absolute atomic E-state index is 12.4. The molecule has 3 nitrogen and oxygen atoms in total. The smallest absolute Gasteiger partial charge is 0.387 e. The van der Waals surface area contributed by atoms with Crippen LogP contribution in [0.5, 0.6) is 5.75 Å². The normalized spacial score (nSPS) is 16.3. The lowest BCUT2D eigenvalue weighted by Crippen LogP contribution is -2.20. The molecule has 1 aromatic carbocycles. The van der Waals surface area contributed by atoms with E-state index < -0.39 is 6.61 Å². The van der Waals surface area contributed by atoms with Crippen LogP contribution in [-0.4, -0.2) is 20.3 Å². The van der Waals surface area contributed by atoms with E-state index in [0.717, 1.165) is 12.2 Å². The highest BCUT2D eigenvalue weighted by Crippen LogP contribution is 2.32. The number of alkyl halides is 2. The van der Waals surface area contributed by atoms with E-state index in [1.54, 1.807) is 25.2 Å². The molecule has 0 amide bonds. The number of likely N-dealkylation sites (N-methyl/N-ethyl adjacent to an activating group) is 1. The number of halogens is 2. The zero-order valence-corrected chi connectivity index (χ0v) is 10.0. The third-order valence-electron chi connectivity index (χ3n) is 2.75. The minimum Gasteiger partial charge on any atom is -0.496 e. The summed E-state index contributed by atoms with van der Waals surface area (Å²) in [6, 6.07) is 6.47. The van der Waals surface area contributed by atoms with Crippen LogP contribution in [0.3, 0.4) is 0 Å². The van der Waals surface area contributed by atoms with Gasteiger partial charge in [0.25, 0.3) is 0 Å². The maximum atomic E-state index is 12.4. The molecule has 0 aromatic heterocycles. The molecule has 0 saturated carbocycles. The summed E-state index contributed by atoms with van der Waals surface area (Å²) in [6.45, 7) is -2.20. The molecule has 2 rings (SSSR count). The Labute approximate surface area is 104 Å². The quantitative estimate of drug-likeness (QED) is 0.877. The Balaban J connectivity index is 2.29. The summed E-state index contributed by atoms with van der Waals surface area (Å²) in [5, 5.41) is 3.06. The van der Waals surface area contributed by atoms with Gasteiger partial charge < -0.3 is 14.8 Å². The first kappa shape index (κ1) is 12.8. The first-order valence-electron chi connectivity index (χ1n) is 5.76. The van der Waals surface area contributed by atoms with Gasteiger partial charge in [0.2, 0.25) is 0 Å². The molecule has 5 heteroatoms. The van der Waals surface area contributed by atoms with Crippen molar-refractivity contribution in [2.75, 3.05) is 13.7 Å². The van der Waals surface area contributed by atoms with Crippen molar-refractivity contribution < 1.29 is 18.3 Å². The number of nitrogens with one attached hydrogen (secondary N) is 1. The zero-order valence-electron chi connectivity index (χ0n) is 10.0. The minimum atomic E-state index is -2.83. The highest BCUT2D eigenvalue weighted by molar-refractivity contribution is 5.39.